The van der Waals surface area contributed by atoms with Crippen LogP contribution in [0.3, 0.4) is 0 Å². The molecule has 1 aromatic rings. The van der Waals surface area contributed by atoms with Crippen LogP contribution in [0.15, 0.2) is 23.1 Å². The van der Waals surface area contributed by atoms with Gasteiger partial charge >= 0.3 is 0 Å². The first-order chi connectivity index (χ1) is 15.7. The lowest BCUT2D eigenvalue weighted by Gasteiger charge is -2.38. The van der Waals surface area contributed by atoms with Crippen molar-refractivity contribution in [2.75, 3.05) is 26.7 Å². The molecule has 0 spiro atoms. The molecule has 1 fully saturated rings. The third-order valence-corrected chi connectivity index (χ3v) is 8.58. The SMILES string of the molecule is CCCC#Cc1ccc2c(c1)O[C@H](CN(C)C(=O)C1CCC1)[C@@H](C)CN([C@H](C)CO)S2(=O)=O. The molecular formula is C25H36N2O5S. The number of amides is 1. The molecule has 0 bridgehead atoms. The Morgan fingerprint density at radius 1 is 1.36 bits per heavy atom. The van der Waals surface area contributed by atoms with Gasteiger partial charge in [-0.25, -0.2) is 8.42 Å². The molecule has 1 amide bonds. The molecule has 1 heterocycles. The van der Waals surface area contributed by atoms with Gasteiger partial charge in [-0.2, -0.15) is 4.31 Å². The number of hydrogen-bond donors (Lipinski definition) is 1. The molecule has 1 aliphatic heterocycles. The van der Waals surface area contributed by atoms with Gasteiger partial charge in [0.2, 0.25) is 15.9 Å². The van der Waals surface area contributed by atoms with E-state index in [9.17, 15) is 18.3 Å². The van der Waals surface area contributed by atoms with Gasteiger partial charge in [0.05, 0.1) is 13.2 Å². The minimum Gasteiger partial charge on any atom is -0.487 e. The summed E-state index contributed by atoms with van der Waals surface area (Å²) in [5.74, 6) is 6.40. The maximum Gasteiger partial charge on any atom is 0.247 e. The Bertz CT molecular complexity index is 1010. The normalized spacial score (nSPS) is 23.5. The van der Waals surface area contributed by atoms with Crippen molar-refractivity contribution in [2.45, 2.75) is 69.9 Å². The van der Waals surface area contributed by atoms with Gasteiger partial charge in [-0.05, 0) is 44.4 Å². The van der Waals surface area contributed by atoms with E-state index in [0.717, 1.165) is 32.1 Å². The van der Waals surface area contributed by atoms with Crippen LogP contribution in [-0.2, 0) is 14.8 Å². The number of sulfonamides is 1. The topological polar surface area (TPSA) is 87.2 Å². The molecule has 3 rings (SSSR count). The van der Waals surface area contributed by atoms with E-state index in [2.05, 4.69) is 18.8 Å². The molecule has 2 aliphatic rings. The summed E-state index contributed by atoms with van der Waals surface area (Å²) in [6.45, 7) is 5.94. The zero-order chi connectivity index (χ0) is 24.2. The van der Waals surface area contributed by atoms with Gasteiger partial charge in [-0.3, -0.25) is 4.79 Å². The summed E-state index contributed by atoms with van der Waals surface area (Å²) >= 11 is 0. The minimum absolute atomic E-state index is 0.0636. The van der Waals surface area contributed by atoms with Crippen LogP contribution in [0.1, 0.15) is 58.4 Å². The molecule has 0 saturated heterocycles. The van der Waals surface area contributed by atoms with Crippen molar-refractivity contribution in [2.24, 2.45) is 11.8 Å². The summed E-state index contributed by atoms with van der Waals surface area (Å²) in [6.07, 6.45) is 4.23. The zero-order valence-electron chi connectivity index (χ0n) is 20.1. The van der Waals surface area contributed by atoms with Crippen LogP contribution < -0.4 is 4.74 Å². The van der Waals surface area contributed by atoms with Crippen molar-refractivity contribution >= 4 is 15.9 Å². The first-order valence-electron chi connectivity index (χ1n) is 11.9. The van der Waals surface area contributed by atoms with Crippen LogP contribution in [0.2, 0.25) is 0 Å². The Morgan fingerprint density at radius 2 is 2.09 bits per heavy atom. The van der Waals surface area contributed by atoms with Crippen LogP contribution in [0.4, 0.5) is 0 Å². The number of ether oxygens (including phenoxy) is 1. The lowest BCUT2D eigenvalue weighted by Crippen LogP contribution is -2.50. The van der Waals surface area contributed by atoms with Gasteiger partial charge < -0.3 is 14.7 Å². The highest BCUT2D eigenvalue weighted by molar-refractivity contribution is 7.89. The van der Waals surface area contributed by atoms with Crippen molar-refractivity contribution in [3.8, 4) is 17.6 Å². The molecule has 3 atom stereocenters. The van der Waals surface area contributed by atoms with Gasteiger partial charge in [0.15, 0.2) is 0 Å². The fourth-order valence-electron chi connectivity index (χ4n) is 4.14. The molecule has 0 radical (unpaired) electrons. The first kappa shape index (κ1) is 25.5. The lowest BCUT2D eigenvalue weighted by molar-refractivity contribution is -0.138. The van der Waals surface area contributed by atoms with E-state index in [1.807, 2.05) is 6.92 Å². The second-order valence-electron chi connectivity index (χ2n) is 9.30. The standard InChI is InChI=1S/C25H36N2O5S/c1-5-6-7-9-20-12-13-24-22(14-20)32-23(16-26(4)25(29)21-10-8-11-21)18(2)15-27(19(3)17-28)33(24,30)31/h12-14,18-19,21,23,28H,5-6,8,10-11,15-17H2,1-4H3/t18-,19+,23+/m0/s1. The van der Waals surface area contributed by atoms with Gasteiger partial charge in [0.1, 0.15) is 16.7 Å². The smallest absolute Gasteiger partial charge is 0.247 e. The summed E-state index contributed by atoms with van der Waals surface area (Å²) in [5, 5.41) is 9.75. The van der Waals surface area contributed by atoms with Crippen molar-refractivity contribution in [1.29, 1.82) is 0 Å². The van der Waals surface area contributed by atoms with Crippen molar-refractivity contribution in [3.63, 3.8) is 0 Å². The summed E-state index contributed by atoms with van der Waals surface area (Å²) in [7, 11) is -2.10. The summed E-state index contributed by atoms with van der Waals surface area (Å²) in [5.41, 5.74) is 0.685. The second kappa shape index (κ2) is 10.9. The fraction of sp³-hybridized carbons (Fsp3) is 0.640. The molecule has 0 unspecified atom stereocenters. The van der Waals surface area contributed by atoms with Crippen LogP contribution in [0.25, 0.3) is 0 Å². The summed E-state index contributed by atoms with van der Waals surface area (Å²) in [4.78, 5) is 14.5. The van der Waals surface area contributed by atoms with E-state index >= 15 is 0 Å². The third-order valence-electron chi connectivity index (χ3n) is 6.56. The number of nitrogens with zero attached hydrogens (tertiary/aromatic N) is 2. The molecule has 1 aromatic carbocycles. The Labute approximate surface area is 198 Å². The highest BCUT2D eigenvalue weighted by atomic mass is 32.2. The van der Waals surface area contributed by atoms with Gasteiger partial charge in [-0.1, -0.05) is 32.1 Å². The van der Waals surface area contributed by atoms with Gasteiger partial charge in [0, 0.05) is 43.5 Å². The summed E-state index contributed by atoms with van der Waals surface area (Å²) in [6, 6.07) is 4.32. The summed E-state index contributed by atoms with van der Waals surface area (Å²) < 4.78 is 34.7. The third kappa shape index (κ3) is 5.71. The monoisotopic (exact) mass is 476 g/mol. The number of fused-ring (bicyclic) bond motifs is 1. The van der Waals surface area contributed by atoms with Crippen molar-refractivity contribution in [3.05, 3.63) is 23.8 Å². The average Bonchev–Trinajstić information content (AvgIpc) is 2.74. The number of unbranched alkanes of at least 4 members (excludes halogenated alkanes) is 1. The molecule has 8 heteroatoms. The minimum atomic E-state index is -3.89. The van der Waals surface area contributed by atoms with Crippen molar-refractivity contribution in [1.82, 2.24) is 9.21 Å². The fourth-order valence-corrected chi connectivity index (χ4v) is 5.96. The Morgan fingerprint density at radius 3 is 2.70 bits per heavy atom. The zero-order valence-corrected chi connectivity index (χ0v) is 20.9. The van der Waals surface area contributed by atoms with Gasteiger partial charge in [-0.15, -0.1) is 0 Å². The van der Waals surface area contributed by atoms with Gasteiger partial charge in [0.25, 0.3) is 0 Å². The number of aliphatic hydroxyl groups is 1. The Hall–Kier alpha value is -2.08. The van der Waals surface area contributed by atoms with E-state index in [-0.39, 0.29) is 41.5 Å². The highest BCUT2D eigenvalue weighted by Crippen LogP contribution is 2.34. The Balaban J connectivity index is 1.99. The molecule has 1 aliphatic carbocycles. The quantitative estimate of drug-likeness (QED) is 0.638. The number of carbonyl (C=O) groups is 1. The number of likely N-dealkylation sites (N-methyl/N-ethyl adjacent to an activating group) is 1. The molecular weight excluding hydrogens is 440 g/mol. The number of rotatable bonds is 6. The van der Waals surface area contributed by atoms with E-state index < -0.39 is 22.2 Å². The number of hydrogen-bond acceptors (Lipinski definition) is 5. The molecule has 1 N–H and O–H groups in total. The van der Waals surface area contributed by atoms with Crippen LogP contribution in [-0.4, -0.2) is 67.5 Å². The van der Waals surface area contributed by atoms with Crippen LogP contribution in [0, 0.1) is 23.7 Å². The molecule has 1 saturated carbocycles. The second-order valence-corrected chi connectivity index (χ2v) is 11.2. The molecule has 182 valence electrons. The maximum absolute atomic E-state index is 13.5. The van der Waals surface area contributed by atoms with Crippen molar-refractivity contribution < 1.29 is 23.1 Å². The Kier molecular flexibility index (Phi) is 8.43. The van der Waals surface area contributed by atoms with E-state index in [1.165, 1.54) is 10.4 Å². The molecule has 7 nitrogen and oxygen atoms in total. The predicted octanol–water partition coefficient (Wildman–Crippen LogP) is 2.87. The molecule has 33 heavy (non-hydrogen) atoms. The number of benzene rings is 1. The van der Waals surface area contributed by atoms with E-state index in [4.69, 9.17) is 4.74 Å². The highest BCUT2D eigenvalue weighted by Gasteiger charge is 2.39. The first-order valence-corrected chi connectivity index (χ1v) is 13.3. The van der Waals surface area contributed by atoms with E-state index in [1.54, 1.807) is 31.0 Å². The van der Waals surface area contributed by atoms with Crippen LogP contribution >= 0.6 is 0 Å². The predicted molar refractivity (Wildman–Crippen MR) is 127 cm³/mol. The maximum atomic E-state index is 13.5. The number of carbonyl (C=O) groups excluding carboxylic acids is 1. The van der Waals surface area contributed by atoms with E-state index in [0.29, 0.717) is 12.1 Å². The lowest BCUT2D eigenvalue weighted by atomic mass is 9.84. The molecule has 0 aromatic heterocycles. The van der Waals surface area contributed by atoms with Crippen LogP contribution in [0.5, 0.6) is 5.75 Å². The number of aliphatic hydroxyl groups excluding tert-OH is 1. The average molecular weight is 477 g/mol. The largest absolute Gasteiger partial charge is 0.487 e.